The summed E-state index contributed by atoms with van der Waals surface area (Å²) in [6.07, 6.45) is -0.602. The molecule has 3 nitrogen and oxygen atoms in total. The van der Waals surface area contributed by atoms with E-state index >= 15 is 0 Å². The normalized spacial score (nSPS) is 12.3. The van der Waals surface area contributed by atoms with Crippen molar-refractivity contribution >= 4 is 29.1 Å². The number of aliphatic hydroxyl groups is 1. The molecule has 1 atom stereocenters. The smallest absolute Gasteiger partial charge is 0.254 e. The quantitative estimate of drug-likeness (QED) is 0.860. The van der Waals surface area contributed by atoms with Gasteiger partial charge in [-0.2, -0.15) is 0 Å². The molecule has 0 radical (unpaired) electrons. The van der Waals surface area contributed by atoms with Gasteiger partial charge in [0.05, 0.1) is 21.7 Å². The van der Waals surface area contributed by atoms with Crippen LogP contribution in [0.3, 0.4) is 0 Å². The van der Waals surface area contributed by atoms with E-state index in [-0.39, 0.29) is 18.0 Å². The van der Waals surface area contributed by atoms with E-state index in [2.05, 4.69) is 5.32 Å². The molecule has 0 saturated heterocycles. The van der Waals surface area contributed by atoms with Gasteiger partial charge in [0.15, 0.2) is 0 Å². The number of aliphatic hydroxyl groups excluding tert-OH is 1. The molecule has 5 heteroatoms. The standard InChI is InChI=1S/C10H11Cl2NO2/c1-6(14)5-13-10(15)9-7(11)3-2-4-8(9)12/h2-4,6,14H,5H2,1H3,(H,13,15)/t6-/m1/s1. The van der Waals surface area contributed by atoms with Crippen molar-refractivity contribution < 1.29 is 9.90 Å². The third kappa shape index (κ3) is 3.38. The van der Waals surface area contributed by atoms with Gasteiger partial charge in [-0.3, -0.25) is 4.79 Å². The SMILES string of the molecule is C[C@@H](O)CNC(=O)c1c(Cl)cccc1Cl. The summed E-state index contributed by atoms with van der Waals surface area (Å²) in [5.41, 5.74) is 0.237. The Morgan fingerprint density at radius 3 is 2.47 bits per heavy atom. The molecule has 0 aliphatic carbocycles. The average Bonchev–Trinajstić information content (AvgIpc) is 2.14. The Labute approximate surface area is 98.0 Å². The van der Waals surface area contributed by atoms with Gasteiger partial charge in [0.1, 0.15) is 0 Å². The number of hydrogen-bond acceptors (Lipinski definition) is 2. The molecule has 0 spiro atoms. The molecule has 0 saturated carbocycles. The fourth-order valence-electron chi connectivity index (χ4n) is 1.04. The van der Waals surface area contributed by atoms with E-state index in [1.807, 2.05) is 0 Å². The summed E-state index contributed by atoms with van der Waals surface area (Å²) >= 11 is 11.7. The van der Waals surface area contributed by atoms with Crippen LogP contribution >= 0.6 is 23.2 Å². The van der Waals surface area contributed by atoms with Crippen molar-refractivity contribution in [1.82, 2.24) is 5.32 Å². The van der Waals surface area contributed by atoms with E-state index < -0.39 is 6.10 Å². The fraction of sp³-hybridized carbons (Fsp3) is 0.300. The summed E-state index contributed by atoms with van der Waals surface area (Å²) in [5, 5.41) is 12.1. The van der Waals surface area contributed by atoms with Gasteiger partial charge in [0, 0.05) is 6.54 Å². The monoisotopic (exact) mass is 247 g/mol. The van der Waals surface area contributed by atoms with Crippen LogP contribution in [-0.2, 0) is 0 Å². The van der Waals surface area contributed by atoms with Gasteiger partial charge in [0.25, 0.3) is 5.91 Å². The van der Waals surface area contributed by atoms with Gasteiger partial charge in [0.2, 0.25) is 0 Å². The lowest BCUT2D eigenvalue weighted by Gasteiger charge is -2.09. The van der Waals surface area contributed by atoms with Crippen LogP contribution in [-0.4, -0.2) is 23.7 Å². The number of nitrogens with one attached hydrogen (secondary N) is 1. The predicted octanol–water partition coefficient (Wildman–Crippen LogP) is 2.10. The van der Waals surface area contributed by atoms with E-state index in [1.165, 1.54) is 0 Å². The molecule has 0 aliphatic rings. The third-order valence-corrected chi connectivity index (χ3v) is 2.38. The van der Waals surface area contributed by atoms with Crippen LogP contribution in [0.2, 0.25) is 10.0 Å². The largest absolute Gasteiger partial charge is 0.392 e. The molecule has 1 aromatic carbocycles. The summed E-state index contributed by atoms with van der Waals surface area (Å²) in [5.74, 6) is -0.383. The Morgan fingerprint density at radius 1 is 1.47 bits per heavy atom. The topological polar surface area (TPSA) is 49.3 Å². The maximum absolute atomic E-state index is 11.6. The number of amides is 1. The Bertz CT molecular complexity index is 346. The Hall–Kier alpha value is -0.770. The highest BCUT2D eigenvalue weighted by Crippen LogP contribution is 2.23. The molecule has 15 heavy (non-hydrogen) atoms. The number of carbonyl (C=O) groups is 1. The lowest BCUT2D eigenvalue weighted by atomic mass is 10.2. The highest BCUT2D eigenvalue weighted by Gasteiger charge is 2.14. The van der Waals surface area contributed by atoms with Gasteiger partial charge in [-0.15, -0.1) is 0 Å². The molecule has 0 heterocycles. The maximum Gasteiger partial charge on any atom is 0.254 e. The Balaban J connectivity index is 2.82. The molecule has 1 amide bonds. The zero-order chi connectivity index (χ0) is 11.4. The third-order valence-electron chi connectivity index (χ3n) is 1.75. The van der Waals surface area contributed by atoms with E-state index in [0.29, 0.717) is 10.0 Å². The first kappa shape index (κ1) is 12.3. The maximum atomic E-state index is 11.6. The van der Waals surface area contributed by atoms with Gasteiger partial charge in [-0.25, -0.2) is 0 Å². The van der Waals surface area contributed by atoms with Crippen molar-refractivity contribution in [2.75, 3.05) is 6.54 Å². The molecule has 0 aromatic heterocycles. The Morgan fingerprint density at radius 2 is 2.00 bits per heavy atom. The molecule has 82 valence electrons. The highest BCUT2D eigenvalue weighted by atomic mass is 35.5. The van der Waals surface area contributed by atoms with Crippen molar-refractivity contribution in [3.05, 3.63) is 33.8 Å². The van der Waals surface area contributed by atoms with Crippen molar-refractivity contribution in [2.24, 2.45) is 0 Å². The second-order valence-electron chi connectivity index (χ2n) is 3.16. The number of hydrogen-bond donors (Lipinski definition) is 2. The lowest BCUT2D eigenvalue weighted by molar-refractivity contribution is 0.0924. The molecular weight excluding hydrogens is 237 g/mol. The summed E-state index contributed by atoms with van der Waals surface area (Å²) in [6, 6.07) is 4.84. The van der Waals surface area contributed by atoms with E-state index in [9.17, 15) is 4.79 Å². The second kappa shape index (κ2) is 5.35. The molecule has 0 fully saturated rings. The zero-order valence-electron chi connectivity index (χ0n) is 8.13. The van der Waals surface area contributed by atoms with Gasteiger partial charge >= 0.3 is 0 Å². The molecule has 0 bridgehead atoms. The van der Waals surface area contributed by atoms with Crippen LogP contribution in [0.5, 0.6) is 0 Å². The fourth-order valence-corrected chi connectivity index (χ4v) is 1.61. The summed E-state index contributed by atoms with van der Waals surface area (Å²) in [4.78, 5) is 11.6. The molecule has 1 aromatic rings. The van der Waals surface area contributed by atoms with E-state index in [4.69, 9.17) is 28.3 Å². The van der Waals surface area contributed by atoms with Crippen LogP contribution in [0.15, 0.2) is 18.2 Å². The number of carbonyl (C=O) groups excluding carboxylic acids is 1. The van der Waals surface area contributed by atoms with Crippen molar-refractivity contribution in [3.8, 4) is 0 Å². The van der Waals surface area contributed by atoms with E-state index in [1.54, 1.807) is 25.1 Å². The van der Waals surface area contributed by atoms with Crippen molar-refractivity contribution in [3.63, 3.8) is 0 Å². The molecule has 0 unspecified atom stereocenters. The van der Waals surface area contributed by atoms with Crippen LogP contribution in [0.25, 0.3) is 0 Å². The van der Waals surface area contributed by atoms with Crippen LogP contribution in [0, 0.1) is 0 Å². The van der Waals surface area contributed by atoms with Crippen LogP contribution in [0.4, 0.5) is 0 Å². The predicted molar refractivity (Wildman–Crippen MR) is 60.5 cm³/mol. The molecule has 1 rings (SSSR count). The highest BCUT2D eigenvalue weighted by molar-refractivity contribution is 6.39. The molecular formula is C10H11Cl2NO2. The van der Waals surface area contributed by atoms with Crippen molar-refractivity contribution in [1.29, 1.82) is 0 Å². The first-order chi connectivity index (χ1) is 7.02. The molecule has 2 N–H and O–H groups in total. The first-order valence-corrected chi connectivity index (χ1v) is 5.18. The van der Waals surface area contributed by atoms with Gasteiger partial charge in [-0.05, 0) is 19.1 Å². The summed E-state index contributed by atoms with van der Waals surface area (Å²) < 4.78 is 0. The van der Waals surface area contributed by atoms with Gasteiger partial charge < -0.3 is 10.4 Å². The zero-order valence-corrected chi connectivity index (χ0v) is 9.64. The number of halogens is 2. The lowest BCUT2D eigenvalue weighted by Crippen LogP contribution is -2.30. The minimum atomic E-state index is -0.602. The van der Waals surface area contributed by atoms with Crippen molar-refractivity contribution in [2.45, 2.75) is 13.0 Å². The summed E-state index contributed by atoms with van der Waals surface area (Å²) in [6.45, 7) is 1.74. The Kier molecular flexibility index (Phi) is 4.39. The summed E-state index contributed by atoms with van der Waals surface area (Å²) in [7, 11) is 0. The average molecular weight is 248 g/mol. The van der Waals surface area contributed by atoms with Crippen LogP contribution in [0.1, 0.15) is 17.3 Å². The number of benzene rings is 1. The minimum Gasteiger partial charge on any atom is -0.392 e. The first-order valence-electron chi connectivity index (χ1n) is 4.42. The van der Waals surface area contributed by atoms with E-state index in [0.717, 1.165) is 0 Å². The van der Waals surface area contributed by atoms with Crippen LogP contribution < -0.4 is 5.32 Å². The van der Waals surface area contributed by atoms with Gasteiger partial charge in [-0.1, -0.05) is 29.3 Å². The number of rotatable bonds is 3. The second-order valence-corrected chi connectivity index (χ2v) is 3.97. The minimum absolute atomic E-state index is 0.167. The molecule has 0 aliphatic heterocycles.